The van der Waals surface area contributed by atoms with Crippen LogP contribution in [0.3, 0.4) is 0 Å². The van der Waals surface area contributed by atoms with Gasteiger partial charge < -0.3 is 9.64 Å². The van der Waals surface area contributed by atoms with Crippen molar-refractivity contribution < 1.29 is 9.53 Å². The minimum atomic E-state index is 0.165. The monoisotopic (exact) mass is 606 g/mol. The smallest absolute Gasteiger partial charge is 0.226 e. The molecule has 7 heteroatoms. The number of nitrogens with zero attached hydrogens (tertiary/aromatic N) is 2. The first-order valence-electron chi connectivity index (χ1n) is 12.5. The van der Waals surface area contributed by atoms with Crippen molar-refractivity contribution in [2.24, 2.45) is 17.8 Å². The van der Waals surface area contributed by atoms with Gasteiger partial charge in [-0.15, -0.1) is 0 Å². The van der Waals surface area contributed by atoms with Crippen molar-refractivity contribution in [3.63, 3.8) is 0 Å². The van der Waals surface area contributed by atoms with Crippen molar-refractivity contribution in [3.05, 3.63) is 60.7 Å². The van der Waals surface area contributed by atoms with Gasteiger partial charge in [0.05, 0.1) is 18.4 Å². The second kappa shape index (κ2) is 9.49. The van der Waals surface area contributed by atoms with Crippen LogP contribution in [0.1, 0.15) is 60.4 Å². The molecule has 3 saturated heterocycles. The van der Waals surface area contributed by atoms with Gasteiger partial charge in [0, 0.05) is 45.1 Å². The topological polar surface area (TPSA) is 42.4 Å². The fourth-order valence-electron chi connectivity index (χ4n) is 6.83. The fourth-order valence-corrected chi connectivity index (χ4v) is 8.32. The van der Waals surface area contributed by atoms with Gasteiger partial charge in [0.2, 0.25) is 5.91 Å². The molecule has 7 rings (SSSR count). The summed E-state index contributed by atoms with van der Waals surface area (Å²) in [6.07, 6.45) is 9.33. The first-order chi connectivity index (χ1) is 16.5. The number of hydrogen-bond acceptors (Lipinski definition) is 3. The number of benzene rings is 1. The SMILES string of the molecule is O=C(C1CC2CCC1CO2)N1CCC([C@H]2c3ncc(Br)cc3CCc3cc(Cl)cc(Br)c32)CC1. The van der Waals surface area contributed by atoms with Crippen LogP contribution in [-0.4, -0.2) is 41.6 Å². The number of fused-ring (bicyclic) bond motifs is 5. The first-order valence-corrected chi connectivity index (χ1v) is 14.5. The van der Waals surface area contributed by atoms with Crippen molar-refractivity contribution in [1.82, 2.24) is 9.88 Å². The number of hydrogen-bond donors (Lipinski definition) is 0. The number of carbonyl (C=O) groups excluding carboxylic acids is 1. The van der Waals surface area contributed by atoms with Gasteiger partial charge in [0.25, 0.3) is 0 Å². The van der Waals surface area contributed by atoms with Crippen LogP contribution in [0.15, 0.2) is 33.3 Å². The minimum absolute atomic E-state index is 0.165. The molecule has 2 aliphatic carbocycles. The van der Waals surface area contributed by atoms with Crippen molar-refractivity contribution >= 4 is 49.4 Å². The Hall–Kier alpha value is -0.950. The Balaban J connectivity index is 1.27. The van der Waals surface area contributed by atoms with Crippen LogP contribution < -0.4 is 0 Å². The third-order valence-electron chi connectivity index (χ3n) is 8.55. The van der Waals surface area contributed by atoms with Gasteiger partial charge in [-0.25, -0.2) is 0 Å². The summed E-state index contributed by atoms with van der Waals surface area (Å²) in [5.74, 6) is 1.60. The Bertz CT molecular complexity index is 1110. The van der Waals surface area contributed by atoms with Gasteiger partial charge >= 0.3 is 0 Å². The predicted molar refractivity (Wildman–Crippen MR) is 140 cm³/mol. The maximum atomic E-state index is 13.4. The lowest BCUT2D eigenvalue weighted by molar-refractivity contribution is -0.154. The van der Waals surface area contributed by atoms with Crippen LogP contribution in [0.25, 0.3) is 0 Å². The number of aromatic nitrogens is 1. The van der Waals surface area contributed by atoms with Gasteiger partial charge in [-0.05, 0) is 108 Å². The third kappa shape index (κ3) is 4.27. The highest BCUT2D eigenvalue weighted by atomic mass is 79.9. The lowest BCUT2D eigenvalue weighted by atomic mass is 9.74. The third-order valence-corrected chi connectivity index (χ3v) is 9.86. The lowest BCUT2D eigenvalue weighted by Gasteiger charge is -2.44. The molecule has 1 aromatic heterocycles. The molecule has 2 aromatic rings. The van der Waals surface area contributed by atoms with Crippen molar-refractivity contribution in [2.75, 3.05) is 19.7 Å². The van der Waals surface area contributed by atoms with E-state index in [0.29, 0.717) is 23.8 Å². The molecule has 4 nitrogen and oxygen atoms in total. The Morgan fingerprint density at radius 3 is 2.53 bits per heavy atom. The zero-order chi connectivity index (χ0) is 23.4. The van der Waals surface area contributed by atoms with Crippen molar-refractivity contribution in [1.29, 1.82) is 0 Å². The summed E-state index contributed by atoms with van der Waals surface area (Å²) in [6.45, 7) is 2.44. The van der Waals surface area contributed by atoms with E-state index in [4.69, 9.17) is 21.3 Å². The summed E-state index contributed by atoms with van der Waals surface area (Å²) in [7, 11) is 0. The molecule has 1 saturated carbocycles. The highest BCUT2D eigenvalue weighted by molar-refractivity contribution is 9.10. The van der Waals surface area contributed by atoms with Gasteiger partial charge in [0.15, 0.2) is 0 Å². The summed E-state index contributed by atoms with van der Waals surface area (Å²) in [5.41, 5.74) is 5.16. The maximum absolute atomic E-state index is 13.4. The summed E-state index contributed by atoms with van der Waals surface area (Å²) in [5, 5.41) is 0.774. The molecule has 4 atom stereocenters. The van der Waals surface area contributed by atoms with E-state index in [1.807, 2.05) is 12.3 Å². The molecule has 2 bridgehead atoms. The molecule has 0 radical (unpaired) electrons. The van der Waals surface area contributed by atoms with Crippen LogP contribution in [0.4, 0.5) is 0 Å². The second-order valence-electron chi connectivity index (χ2n) is 10.4. The molecule has 5 aliphatic rings. The minimum Gasteiger partial charge on any atom is -0.378 e. The van der Waals surface area contributed by atoms with Crippen LogP contribution in [0, 0.1) is 17.8 Å². The first kappa shape index (κ1) is 23.4. The standard InChI is InChI=1S/C27H29Br2ClN2O2/c28-19-9-17-2-1-16-10-20(30)11-23(29)24(16)25(26(17)31-13-19)15-5-7-32(8-6-15)27(33)22-12-21-4-3-18(22)14-34-21/h9-11,13,15,18,21-22,25H,1-8,12,14H2/t18?,21?,22?,25-/m1/s1. The largest absolute Gasteiger partial charge is 0.378 e. The van der Waals surface area contributed by atoms with E-state index in [9.17, 15) is 4.79 Å². The Morgan fingerprint density at radius 2 is 1.82 bits per heavy atom. The summed E-state index contributed by atoms with van der Waals surface area (Å²) >= 11 is 13.9. The van der Waals surface area contributed by atoms with Gasteiger partial charge in [-0.2, -0.15) is 0 Å². The molecular formula is C27H29Br2ClN2O2. The molecule has 3 unspecified atom stereocenters. The number of amides is 1. The lowest BCUT2D eigenvalue weighted by Crippen LogP contribution is -2.50. The summed E-state index contributed by atoms with van der Waals surface area (Å²) in [6, 6.07) is 6.39. The van der Waals surface area contributed by atoms with E-state index in [-0.39, 0.29) is 11.8 Å². The molecule has 180 valence electrons. The van der Waals surface area contributed by atoms with Crippen LogP contribution in [0.2, 0.25) is 5.02 Å². The molecule has 4 heterocycles. The van der Waals surface area contributed by atoms with E-state index in [1.54, 1.807) is 0 Å². The van der Waals surface area contributed by atoms with Gasteiger partial charge in [-0.3, -0.25) is 9.78 Å². The normalized spacial score (nSPS) is 28.9. The van der Waals surface area contributed by atoms with E-state index in [2.05, 4.69) is 48.9 Å². The van der Waals surface area contributed by atoms with Crippen molar-refractivity contribution in [2.45, 2.75) is 57.0 Å². The zero-order valence-electron chi connectivity index (χ0n) is 19.1. The Labute approximate surface area is 223 Å². The number of piperidine rings is 1. The predicted octanol–water partition coefficient (Wildman–Crippen LogP) is 6.54. The highest BCUT2D eigenvalue weighted by Gasteiger charge is 2.43. The number of halogens is 3. The number of rotatable bonds is 2. The Morgan fingerprint density at radius 1 is 1.03 bits per heavy atom. The van der Waals surface area contributed by atoms with Gasteiger partial charge in [0.1, 0.15) is 0 Å². The molecule has 0 spiro atoms. The molecule has 1 amide bonds. The van der Waals surface area contributed by atoms with E-state index in [0.717, 1.165) is 78.6 Å². The summed E-state index contributed by atoms with van der Waals surface area (Å²) in [4.78, 5) is 20.5. The highest BCUT2D eigenvalue weighted by Crippen LogP contribution is 2.46. The van der Waals surface area contributed by atoms with E-state index in [1.165, 1.54) is 22.4 Å². The van der Waals surface area contributed by atoms with Crippen molar-refractivity contribution in [3.8, 4) is 0 Å². The molecule has 0 N–H and O–H groups in total. The van der Waals surface area contributed by atoms with Crippen LogP contribution in [0.5, 0.6) is 0 Å². The van der Waals surface area contributed by atoms with E-state index >= 15 is 0 Å². The number of ether oxygens (including phenoxy) is 1. The van der Waals surface area contributed by atoms with E-state index < -0.39 is 0 Å². The summed E-state index contributed by atoms with van der Waals surface area (Å²) < 4.78 is 7.96. The maximum Gasteiger partial charge on any atom is 0.226 e. The Kier molecular flexibility index (Phi) is 6.55. The molecular weight excluding hydrogens is 580 g/mol. The molecule has 1 aromatic carbocycles. The van der Waals surface area contributed by atoms with Crippen LogP contribution >= 0.6 is 43.5 Å². The number of aryl methyl sites for hydroxylation is 2. The number of carbonyl (C=O) groups is 1. The number of pyridine rings is 1. The quantitative estimate of drug-likeness (QED) is 0.389. The molecule has 3 aliphatic heterocycles. The second-order valence-corrected chi connectivity index (χ2v) is 12.6. The molecule has 34 heavy (non-hydrogen) atoms. The molecule has 4 fully saturated rings. The van der Waals surface area contributed by atoms with Crippen LogP contribution in [-0.2, 0) is 22.4 Å². The average molecular weight is 609 g/mol. The average Bonchev–Trinajstić information content (AvgIpc) is 3.01. The van der Waals surface area contributed by atoms with Gasteiger partial charge in [-0.1, -0.05) is 27.5 Å². The fraction of sp³-hybridized carbons (Fsp3) is 0.556. The number of likely N-dealkylation sites (tertiary alicyclic amines) is 1. The zero-order valence-corrected chi connectivity index (χ0v) is 23.0.